The average molecular weight is 1160 g/mol. The maximum absolute atomic E-state index is 13.6. The molecule has 0 bridgehead atoms. The molecule has 2 saturated carbocycles. The van der Waals surface area contributed by atoms with Crippen LogP contribution in [0.15, 0.2) is 60.7 Å². The lowest BCUT2D eigenvalue weighted by atomic mass is 9.91. The van der Waals surface area contributed by atoms with E-state index in [4.69, 9.17) is 24.2 Å². The van der Waals surface area contributed by atoms with E-state index in [0.29, 0.717) is 66.2 Å². The molecular formula is C63H92N12O9. The molecule has 3 amide bonds. The van der Waals surface area contributed by atoms with Gasteiger partial charge in [-0.25, -0.2) is 14.8 Å². The maximum atomic E-state index is 13.6. The molecule has 2 aromatic carbocycles. The number of carbonyl (C=O) groups is 3. The van der Waals surface area contributed by atoms with Gasteiger partial charge in [0.05, 0.1) is 18.2 Å². The van der Waals surface area contributed by atoms with E-state index in [9.17, 15) is 29.7 Å². The minimum Gasteiger partial charge on any atom is -0.508 e. The standard InChI is InChI=1S/C35H52N6O6.C28H40N6O3/c1-23(2)39-12-14-40(15-13-39)32-19-25(18-31(38-32)37-27-8-7-9-27)33(43)36-20-30(42)29-17-24-10-11-28(46-22-45-6)16-26(24)21-41(29)34(44)47-35(3,4)5;1-18(2)33-8-10-34(11-9-33)27-15-20(14-26(32-27)31-22-4-3-5-22)28(37)30-17-25(36)24-13-19-6-7-23(35)12-21(19)16-29-24/h10-11,16,18-19,23,27,29-30,42H,7-9,12-15,17,20-22H2,1-6H3,(H,36,43)(H,37,38);6-7,12,14-15,18,22,24-25,29,35-36H,3-5,8-11,13,16-17H2,1-2H3,(H,30,37)(H,31,32)/t29-,30+;24-,25+/m00/s1. The summed E-state index contributed by atoms with van der Waals surface area (Å²) in [5.74, 6) is 3.41. The first-order valence-corrected chi connectivity index (χ1v) is 30.5. The van der Waals surface area contributed by atoms with Crippen molar-refractivity contribution in [2.75, 3.05) is 99.8 Å². The van der Waals surface area contributed by atoms with Crippen LogP contribution in [0.4, 0.5) is 28.1 Å². The zero-order chi connectivity index (χ0) is 59.7. The van der Waals surface area contributed by atoms with E-state index in [1.807, 2.05) is 63.2 Å². The van der Waals surface area contributed by atoms with Gasteiger partial charge < -0.3 is 65.9 Å². The summed E-state index contributed by atoms with van der Waals surface area (Å²) in [5, 5.41) is 48.2. The zero-order valence-corrected chi connectivity index (χ0v) is 50.7. The van der Waals surface area contributed by atoms with Gasteiger partial charge >= 0.3 is 6.09 Å². The number of fused-ring (bicyclic) bond motifs is 2. The quantitative estimate of drug-likeness (QED) is 0.0495. The van der Waals surface area contributed by atoms with E-state index >= 15 is 0 Å². The highest BCUT2D eigenvalue weighted by atomic mass is 16.7. The van der Waals surface area contributed by atoms with Crippen molar-refractivity contribution in [2.45, 2.75) is 167 Å². The molecule has 8 N–H and O–H groups in total. The van der Waals surface area contributed by atoms with E-state index in [0.717, 1.165) is 118 Å². The Morgan fingerprint density at radius 1 is 0.667 bits per heavy atom. The number of amides is 3. The molecule has 6 heterocycles. The molecule has 2 saturated heterocycles. The number of anilines is 4. The van der Waals surface area contributed by atoms with Gasteiger partial charge in [-0.1, -0.05) is 12.1 Å². The maximum Gasteiger partial charge on any atom is 0.410 e. The van der Waals surface area contributed by atoms with Crippen LogP contribution in [0, 0.1) is 0 Å². The number of phenols is 1. The zero-order valence-electron chi connectivity index (χ0n) is 50.7. The Morgan fingerprint density at radius 2 is 1.19 bits per heavy atom. The van der Waals surface area contributed by atoms with Crippen LogP contribution in [-0.4, -0.2) is 191 Å². The van der Waals surface area contributed by atoms with Crippen LogP contribution < -0.4 is 41.1 Å². The Morgan fingerprint density at radius 3 is 1.69 bits per heavy atom. The van der Waals surface area contributed by atoms with Crippen molar-refractivity contribution in [3.05, 3.63) is 94.0 Å². The summed E-state index contributed by atoms with van der Waals surface area (Å²) in [7, 11) is 1.56. The minimum atomic E-state index is -1.04. The Labute approximate surface area is 496 Å². The lowest BCUT2D eigenvalue weighted by Crippen LogP contribution is -2.54. The monoisotopic (exact) mass is 1160 g/mol. The lowest BCUT2D eigenvalue weighted by molar-refractivity contribution is -0.0114. The number of phenolic OH excluding ortho intramolecular Hbond substituents is 1. The molecule has 10 rings (SSSR count). The third-order valence-electron chi connectivity index (χ3n) is 17.2. The first-order valence-electron chi connectivity index (χ1n) is 30.5. The summed E-state index contributed by atoms with van der Waals surface area (Å²) in [6, 6.07) is 19.4. The molecule has 0 spiro atoms. The van der Waals surface area contributed by atoms with E-state index in [2.05, 4.69) is 73.9 Å². The molecule has 0 unspecified atom stereocenters. The van der Waals surface area contributed by atoms with Gasteiger partial charge in [0, 0.05) is 127 Å². The van der Waals surface area contributed by atoms with E-state index in [-0.39, 0.29) is 50.0 Å². The number of carbonyl (C=O) groups excluding carboxylic acids is 3. The Kier molecular flexibility index (Phi) is 20.8. The highest BCUT2D eigenvalue weighted by molar-refractivity contribution is 5.96. The number of hydrogen-bond donors (Lipinski definition) is 8. The van der Waals surface area contributed by atoms with Gasteiger partial charge in [0.2, 0.25) is 0 Å². The first-order chi connectivity index (χ1) is 40.2. The number of nitrogens with zero attached hydrogens (tertiary/aromatic N) is 7. The third-order valence-corrected chi connectivity index (χ3v) is 17.2. The molecule has 6 aliphatic rings. The van der Waals surface area contributed by atoms with Gasteiger partial charge in [-0.05, 0) is 171 Å². The molecule has 2 aliphatic carbocycles. The van der Waals surface area contributed by atoms with Gasteiger partial charge in [-0.15, -0.1) is 0 Å². The fourth-order valence-electron chi connectivity index (χ4n) is 11.6. The molecule has 21 nitrogen and oxygen atoms in total. The molecule has 4 aliphatic heterocycles. The number of benzene rings is 2. The van der Waals surface area contributed by atoms with Crippen LogP contribution in [0.3, 0.4) is 0 Å². The van der Waals surface area contributed by atoms with Crippen molar-refractivity contribution < 1.29 is 43.9 Å². The van der Waals surface area contributed by atoms with Crippen LogP contribution in [0.5, 0.6) is 11.5 Å². The molecule has 4 fully saturated rings. The highest BCUT2D eigenvalue weighted by Crippen LogP contribution is 2.32. The molecule has 4 aromatic rings. The number of rotatable bonds is 19. The third kappa shape index (κ3) is 16.5. The molecule has 84 heavy (non-hydrogen) atoms. The molecular weight excluding hydrogens is 1070 g/mol. The second-order valence-electron chi connectivity index (χ2n) is 25.0. The number of methoxy groups -OCH3 is 1. The fraction of sp³-hybridized carbons (Fsp3) is 0.603. The van der Waals surface area contributed by atoms with Crippen molar-refractivity contribution in [3.8, 4) is 11.5 Å². The number of aliphatic hydroxyl groups excluding tert-OH is 2. The Bertz CT molecular complexity index is 2860. The number of aromatic hydroxyl groups is 1. The number of hydrogen-bond acceptors (Lipinski definition) is 18. The molecule has 4 atom stereocenters. The Balaban J connectivity index is 0.000000207. The average Bonchev–Trinajstić information content (AvgIpc) is 3.41. The molecule has 21 heteroatoms. The molecule has 0 radical (unpaired) electrons. The minimum absolute atomic E-state index is 0.0384. The molecule has 458 valence electrons. The number of ether oxygens (including phenoxy) is 3. The van der Waals surface area contributed by atoms with Crippen molar-refractivity contribution in [2.24, 2.45) is 0 Å². The highest BCUT2D eigenvalue weighted by Gasteiger charge is 2.38. The van der Waals surface area contributed by atoms with Gasteiger partial charge in [-0.3, -0.25) is 24.3 Å². The fourth-order valence-corrected chi connectivity index (χ4v) is 11.6. The summed E-state index contributed by atoms with van der Waals surface area (Å²) in [4.78, 5) is 60.9. The van der Waals surface area contributed by atoms with Gasteiger partial charge in [0.15, 0.2) is 6.79 Å². The van der Waals surface area contributed by atoms with Crippen molar-refractivity contribution >= 4 is 41.2 Å². The topological polar surface area (TPSA) is 242 Å². The predicted molar refractivity (Wildman–Crippen MR) is 326 cm³/mol. The van der Waals surface area contributed by atoms with Crippen molar-refractivity contribution in [1.82, 2.24) is 40.6 Å². The number of aromatic nitrogens is 2. The first kappa shape index (κ1) is 62.1. The largest absolute Gasteiger partial charge is 0.508 e. The van der Waals surface area contributed by atoms with Crippen molar-refractivity contribution in [3.63, 3.8) is 0 Å². The van der Waals surface area contributed by atoms with Crippen LogP contribution >= 0.6 is 0 Å². The van der Waals surface area contributed by atoms with Crippen LogP contribution in [0.2, 0.25) is 0 Å². The number of nitrogens with one attached hydrogen (secondary N) is 5. The Hall–Kier alpha value is -6.49. The van der Waals surface area contributed by atoms with Crippen molar-refractivity contribution in [1.29, 1.82) is 0 Å². The molecule has 2 aromatic heterocycles. The van der Waals surface area contributed by atoms with E-state index in [1.54, 1.807) is 30.2 Å². The number of aliphatic hydroxyl groups is 2. The summed E-state index contributed by atoms with van der Waals surface area (Å²) in [6.45, 7) is 22.6. The van der Waals surface area contributed by atoms with Gasteiger partial charge in [0.1, 0.15) is 40.4 Å². The number of piperazine rings is 2. The van der Waals surface area contributed by atoms with E-state index in [1.165, 1.54) is 12.8 Å². The van der Waals surface area contributed by atoms with Gasteiger partial charge in [-0.2, -0.15) is 0 Å². The van der Waals surface area contributed by atoms with Gasteiger partial charge in [0.25, 0.3) is 11.8 Å². The second-order valence-corrected chi connectivity index (χ2v) is 25.0. The van der Waals surface area contributed by atoms with Crippen LogP contribution in [0.25, 0.3) is 0 Å². The van der Waals surface area contributed by atoms with Crippen LogP contribution in [0.1, 0.15) is 130 Å². The SMILES string of the molecule is CC(C)N1CCN(c2cc(C(=O)NC[C@@H](O)[C@@H]3Cc4ccc(O)cc4CN3)cc(NC3CCC3)n2)CC1.COCOc1ccc2c(c1)CN(C(=O)OC(C)(C)C)[C@H]([C@H](O)CNC(=O)c1cc(NC3CCC3)nc(N3CCN(C(C)C)CC3)c1)C2. The number of pyridine rings is 2. The summed E-state index contributed by atoms with van der Waals surface area (Å²) < 4.78 is 16.4. The smallest absolute Gasteiger partial charge is 0.410 e. The predicted octanol–water partition coefficient (Wildman–Crippen LogP) is 6.10. The van der Waals surface area contributed by atoms with Crippen LogP contribution in [-0.2, 0) is 35.4 Å². The van der Waals surface area contributed by atoms with E-state index < -0.39 is 29.9 Å². The summed E-state index contributed by atoms with van der Waals surface area (Å²) >= 11 is 0. The summed E-state index contributed by atoms with van der Waals surface area (Å²) in [6.07, 6.45) is 5.59. The summed E-state index contributed by atoms with van der Waals surface area (Å²) in [5.41, 5.74) is 4.37. The normalized spacial score (nSPS) is 20.3. The lowest BCUT2D eigenvalue weighted by Gasteiger charge is -2.40. The second kappa shape index (κ2) is 28.1.